The second-order valence-electron chi connectivity index (χ2n) is 4.19. The minimum absolute atomic E-state index is 0.339. The van der Waals surface area contributed by atoms with Gasteiger partial charge in [0.1, 0.15) is 5.01 Å². The van der Waals surface area contributed by atoms with E-state index in [0.29, 0.717) is 18.8 Å². The predicted octanol–water partition coefficient (Wildman–Crippen LogP) is 3.67. The molecule has 0 fully saturated rings. The topological polar surface area (TPSA) is 55.1 Å². The highest BCUT2D eigenvalue weighted by Gasteiger charge is 2.10. The number of thiazole rings is 1. The Morgan fingerprint density at radius 2 is 2.20 bits per heavy atom. The number of hydrogen-bond donors (Lipinski definition) is 0. The van der Waals surface area contributed by atoms with Crippen LogP contribution in [0.4, 0.5) is 0 Å². The summed E-state index contributed by atoms with van der Waals surface area (Å²) in [5.41, 5.74) is 1.78. The summed E-state index contributed by atoms with van der Waals surface area (Å²) in [6.07, 6.45) is 1.29. The monoisotopic (exact) mass is 288 g/mol. The van der Waals surface area contributed by atoms with Gasteiger partial charge in [0, 0.05) is 10.9 Å². The first kappa shape index (κ1) is 14.4. The molecule has 5 heteroatoms. The van der Waals surface area contributed by atoms with Crippen LogP contribution in [0.2, 0.25) is 0 Å². The fourth-order valence-corrected chi connectivity index (χ4v) is 2.55. The summed E-state index contributed by atoms with van der Waals surface area (Å²) in [5, 5.41) is 11.5. The molecule has 0 unspecified atom stereocenters. The Kier molecular flexibility index (Phi) is 4.97. The lowest BCUT2D eigenvalue weighted by Crippen LogP contribution is -1.97. The van der Waals surface area contributed by atoms with E-state index in [4.69, 9.17) is 14.7 Å². The van der Waals surface area contributed by atoms with E-state index < -0.39 is 0 Å². The fraction of sp³-hybridized carbons (Fsp3) is 0.333. The van der Waals surface area contributed by atoms with Crippen molar-refractivity contribution in [1.29, 1.82) is 5.26 Å². The summed E-state index contributed by atoms with van der Waals surface area (Å²) in [4.78, 5) is 4.44. The van der Waals surface area contributed by atoms with Crippen molar-refractivity contribution in [3.8, 4) is 28.1 Å². The van der Waals surface area contributed by atoms with Crippen LogP contribution in [0.3, 0.4) is 0 Å². The molecule has 104 valence electrons. The molecule has 0 aliphatic heterocycles. The summed E-state index contributed by atoms with van der Waals surface area (Å²) in [5.74, 6) is 1.44. The smallest absolute Gasteiger partial charge is 0.161 e. The third kappa shape index (κ3) is 3.28. The molecule has 0 N–H and O–H groups in total. The Labute approximate surface area is 122 Å². The third-order valence-corrected chi connectivity index (χ3v) is 3.62. The molecule has 0 saturated heterocycles. The molecule has 0 radical (unpaired) electrons. The van der Waals surface area contributed by atoms with Crippen LogP contribution in [-0.4, -0.2) is 18.7 Å². The van der Waals surface area contributed by atoms with Gasteiger partial charge in [-0.15, -0.1) is 11.3 Å². The van der Waals surface area contributed by atoms with Gasteiger partial charge < -0.3 is 9.47 Å². The molecule has 0 atom stereocenters. The number of nitriles is 1. The first-order valence-electron chi connectivity index (χ1n) is 6.41. The van der Waals surface area contributed by atoms with E-state index in [2.05, 4.69) is 18.0 Å². The highest BCUT2D eigenvalue weighted by Crippen LogP contribution is 2.33. The lowest BCUT2D eigenvalue weighted by molar-refractivity contribution is 0.294. The average Bonchev–Trinajstić information content (AvgIpc) is 2.94. The Morgan fingerprint density at radius 1 is 1.35 bits per heavy atom. The van der Waals surface area contributed by atoms with Crippen LogP contribution in [0.25, 0.3) is 10.6 Å². The minimum Gasteiger partial charge on any atom is -0.493 e. The maximum absolute atomic E-state index is 8.68. The number of rotatable bonds is 6. The largest absolute Gasteiger partial charge is 0.493 e. The van der Waals surface area contributed by atoms with E-state index in [0.717, 1.165) is 28.4 Å². The molecule has 0 spiro atoms. The van der Waals surface area contributed by atoms with Gasteiger partial charge in [0.25, 0.3) is 0 Å². The standard InChI is InChI=1S/C15H16N2O2S/c1-3-8-19-13-5-4-11(9-14(13)18-2)15-17-12(6-7-16)10-20-15/h4-5,9-10H,3,6,8H2,1-2H3. The van der Waals surface area contributed by atoms with Crippen molar-refractivity contribution in [3.05, 3.63) is 29.3 Å². The molecule has 0 amide bonds. The average molecular weight is 288 g/mol. The maximum Gasteiger partial charge on any atom is 0.161 e. The van der Waals surface area contributed by atoms with Crippen LogP contribution in [-0.2, 0) is 6.42 Å². The minimum atomic E-state index is 0.339. The summed E-state index contributed by atoms with van der Waals surface area (Å²) >= 11 is 1.53. The molecule has 0 aliphatic carbocycles. The summed E-state index contributed by atoms with van der Waals surface area (Å²) in [6, 6.07) is 7.88. The van der Waals surface area contributed by atoms with Crippen molar-refractivity contribution >= 4 is 11.3 Å². The number of hydrogen-bond acceptors (Lipinski definition) is 5. The van der Waals surface area contributed by atoms with Crippen molar-refractivity contribution in [2.24, 2.45) is 0 Å². The predicted molar refractivity (Wildman–Crippen MR) is 79.2 cm³/mol. The number of ether oxygens (including phenoxy) is 2. The van der Waals surface area contributed by atoms with E-state index in [1.807, 2.05) is 23.6 Å². The zero-order valence-corrected chi connectivity index (χ0v) is 12.4. The number of nitrogens with zero attached hydrogens (tertiary/aromatic N) is 2. The molecule has 0 aliphatic rings. The van der Waals surface area contributed by atoms with Gasteiger partial charge in [-0.1, -0.05) is 6.92 Å². The number of methoxy groups -OCH3 is 1. The Morgan fingerprint density at radius 3 is 2.90 bits per heavy atom. The third-order valence-electron chi connectivity index (χ3n) is 2.68. The van der Waals surface area contributed by atoms with Gasteiger partial charge in [0.05, 0.1) is 31.9 Å². The molecule has 2 aromatic rings. The van der Waals surface area contributed by atoms with E-state index in [1.165, 1.54) is 11.3 Å². The van der Waals surface area contributed by atoms with E-state index in [1.54, 1.807) is 7.11 Å². The Balaban J connectivity index is 2.26. The van der Waals surface area contributed by atoms with E-state index in [9.17, 15) is 0 Å². The summed E-state index contributed by atoms with van der Waals surface area (Å²) in [6.45, 7) is 2.73. The molecular formula is C15H16N2O2S. The van der Waals surface area contributed by atoms with Gasteiger partial charge in [0.2, 0.25) is 0 Å². The SMILES string of the molecule is CCCOc1ccc(-c2nc(CC#N)cs2)cc1OC. The van der Waals surface area contributed by atoms with Crippen LogP contribution in [0, 0.1) is 11.3 Å². The van der Waals surface area contributed by atoms with E-state index in [-0.39, 0.29) is 0 Å². The van der Waals surface area contributed by atoms with Crippen LogP contribution in [0.1, 0.15) is 19.0 Å². The lowest BCUT2D eigenvalue weighted by Gasteiger charge is -2.10. The van der Waals surface area contributed by atoms with Crippen LogP contribution in [0.15, 0.2) is 23.6 Å². The second kappa shape index (κ2) is 6.92. The van der Waals surface area contributed by atoms with Gasteiger partial charge in [-0.2, -0.15) is 5.26 Å². The van der Waals surface area contributed by atoms with Crippen molar-refractivity contribution in [3.63, 3.8) is 0 Å². The maximum atomic E-state index is 8.68. The summed E-state index contributed by atoms with van der Waals surface area (Å²) in [7, 11) is 1.63. The molecule has 20 heavy (non-hydrogen) atoms. The van der Waals surface area contributed by atoms with Crippen molar-refractivity contribution in [2.45, 2.75) is 19.8 Å². The van der Waals surface area contributed by atoms with Crippen molar-refractivity contribution in [2.75, 3.05) is 13.7 Å². The van der Waals surface area contributed by atoms with Crippen LogP contribution in [0.5, 0.6) is 11.5 Å². The first-order chi connectivity index (χ1) is 9.78. The van der Waals surface area contributed by atoms with Gasteiger partial charge in [-0.3, -0.25) is 0 Å². The molecular weight excluding hydrogens is 272 g/mol. The second-order valence-corrected chi connectivity index (χ2v) is 5.05. The molecule has 1 aromatic heterocycles. The Hall–Kier alpha value is -2.06. The molecule has 0 bridgehead atoms. The first-order valence-corrected chi connectivity index (χ1v) is 7.29. The highest BCUT2D eigenvalue weighted by atomic mass is 32.1. The van der Waals surface area contributed by atoms with Gasteiger partial charge in [-0.25, -0.2) is 4.98 Å². The zero-order chi connectivity index (χ0) is 14.4. The van der Waals surface area contributed by atoms with Crippen LogP contribution >= 0.6 is 11.3 Å². The van der Waals surface area contributed by atoms with Crippen molar-refractivity contribution in [1.82, 2.24) is 4.98 Å². The van der Waals surface area contributed by atoms with Gasteiger partial charge in [0.15, 0.2) is 11.5 Å². The van der Waals surface area contributed by atoms with Gasteiger partial charge in [-0.05, 0) is 24.6 Å². The lowest BCUT2D eigenvalue weighted by atomic mass is 10.2. The zero-order valence-electron chi connectivity index (χ0n) is 11.5. The van der Waals surface area contributed by atoms with Crippen molar-refractivity contribution < 1.29 is 9.47 Å². The number of aromatic nitrogens is 1. The highest BCUT2D eigenvalue weighted by molar-refractivity contribution is 7.13. The quantitative estimate of drug-likeness (QED) is 0.813. The van der Waals surface area contributed by atoms with E-state index >= 15 is 0 Å². The molecule has 1 aromatic carbocycles. The normalized spacial score (nSPS) is 10.1. The summed E-state index contributed by atoms with van der Waals surface area (Å²) < 4.78 is 11.0. The molecule has 1 heterocycles. The fourth-order valence-electron chi connectivity index (χ4n) is 1.73. The number of benzene rings is 1. The molecule has 0 saturated carbocycles. The van der Waals surface area contributed by atoms with Gasteiger partial charge >= 0.3 is 0 Å². The molecule has 4 nitrogen and oxygen atoms in total. The van der Waals surface area contributed by atoms with Crippen LogP contribution < -0.4 is 9.47 Å². The Bertz CT molecular complexity index is 617. The molecule has 2 rings (SSSR count).